The molecule has 1 unspecified atom stereocenters. The summed E-state index contributed by atoms with van der Waals surface area (Å²) in [4.78, 5) is 7.95. The highest BCUT2D eigenvalue weighted by atomic mass is 35.5. The van der Waals surface area contributed by atoms with E-state index in [1.54, 1.807) is 7.11 Å². The first-order chi connectivity index (χ1) is 11.3. The van der Waals surface area contributed by atoms with Crippen LogP contribution in [0.25, 0.3) is 11.0 Å². The molecule has 2 aromatic heterocycles. The number of anilines is 1. The lowest BCUT2D eigenvalue weighted by molar-refractivity contribution is 0.172. The van der Waals surface area contributed by atoms with Crippen LogP contribution in [-0.2, 0) is 4.74 Å². The molecule has 1 saturated heterocycles. The summed E-state index contributed by atoms with van der Waals surface area (Å²) in [6.07, 6.45) is 9.07. The van der Waals surface area contributed by atoms with E-state index in [1.165, 1.54) is 36.6 Å². The van der Waals surface area contributed by atoms with Crippen LogP contribution >= 0.6 is 12.4 Å². The zero-order valence-electron chi connectivity index (χ0n) is 14.2. The molecule has 3 heterocycles. The smallest absolute Gasteiger partial charge is 0.137 e. The molecule has 132 valence electrons. The second-order valence-electron chi connectivity index (χ2n) is 6.93. The van der Waals surface area contributed by atoms with E-state index in [0.29, 0.717) is 12.0 Å². The Balaban J connectivity index is 0.00000169. The van der Waals surface area contributed by atoms with Gasteiger partial charge in [-0.1, -0.05) is 0 Å². The lowest BCUT2D eigenvalue weighted by Crippen LogP contribution is -2.35. The molecule has 2 aromatic rings. The molecule has 5 nitrogen and oxygen atoms in total. The Morgan fingerprint density at radius 3 is 2.79 bits per heavy atom. The van der Waals surface area contributed by atoms with E-state index in [0.717, 1.165) is 36.9 Å². The molecule has 1 aliphatic heterocycles. The van der Waals surface area contributed by atoms with Gasteiger partial charge in [-0.2, -0.15) is 0 Å². The van der Waals surface area contributed by atoms with E-state index >= 15 is 0 Å². The summed E-state index contributed by atoms with van der Waals surface area (Å²) in [7, 11) is 1.80. The molecule has 0 amide bonds. The summed E-state index contributed by atoms with van der Waals surface area (Å²) in [5.41, 5.74) is 3.49. The third-order valence-electron chi connectivity index (χ3n) is 5.21. The van der Waals surface area contributed by atoms with Gasteiger partial charge in [-0.05, 0) is 56.3 Å². The molecule has 1 aliphatic carbocycles. The van der Waals surface area contributed by atoms with Crippen molar-refractivity contribution >= 4 is 29.1 Å². The van der Waals surface area contributed by atoms with Crippen molar-refractivity contribution in [2.24, 2.45) is 5.92 Å². The van der Waals surface area contributed by atoms with Crippen molar-refractivity contribution in [3.8, 4) is 0 Å². The van der Waals surface area contributed by atoms with Crippen LogP contribution in [0.2, 0.25) is 0 Å². The third kappa shape index (κ3) is 3.68. The lowest BCUT2D eigenvalue weighted by Gasteiger charge is -2.24. The molecule has 2 fully saturated rings. The highest BCUT2D eigenvalue weighted by Gasteiger charge is 2.33. The van der Waals surface area contributed by atoms with E-state index in [1.807, 2.05) is 6.20 Å². The molecule has 0 aromatic carbocycles. The Bertz CT molecular complexity index is 664. The summed E-state index contributed by atoms with van der Waals surface area (Å²) < 4.78 is 5.47. The van der Waals surface area contributed by atoms with Crippen LogP contribution in [0.4, 0.5) is 5.69 Å². The van der Waals surface area contributed by atoms with Gasteiger partial charge in [0, 0.05) is 30.7 Å². The second kappa shape index (κ2) is 7.72. The number of methoxy groups -OCH3 is 1. The molecular formula is C18H27ClN4O. The van der Waals surface area contributed by atoms with Crippen LogP contribution in [-0.4, -0.2) is 42.8 Å². The fourth-order valence-electron chi connectivity index (χ4n) is 3.77. The Labute approximate surface area is 149 Å². The van der Waals surface area contributed by atoms with Gasteiger partial charge in [0.05, 0.1) is 18.5 Å². The van der Waals surface area contributed by atoms with Crippen LogP contribution in [0.3, 0.4) is 0 Å². The molecular weight excluding hydrogens is 324 g/mol. The summed E-state index contributed by atoms with van der Waals surface area (Å²) >= 11 is 0. The quantitative estimate of drug-likeness (QED) is 0.748. The number of rotatable bonds is 6. The topological polar surface area (TPSA) is 62.0 Å². The number of halogens is 1. The molecule has 0 spiro atoms. The lowest BCUT2D eigenvalue weighted by atomic mass is 9.95. The molecule has 1 saturated carbocycles. The van der Waals surface area contributed by atoms with E-state index in [4.69, 9.17) is 4.74 Å². The van der Waals surface area contributed by atoms with Gasteiger partial charge in [-0.3, -0.25) is 0 Å². The SMILES string of the molecule is COCC(c1c[nH]c2ncc(NC3CCNCC3)cc12)C1CC1.Cl. The Morgan fingerprint density at radius 1 is 1.29 bits per heavy atom. The van der Waals surface area contributed by atoms with Crippen molar-refractivity contribution in [2.45, 2.75) is 37.6 Å². The van der Waals surface area contributed by atoms with Crippen LogP contribution in [0, 0.1) is 5.92 Å². The fourth-order valence-corrected chi connectivity index (χ4v) is 3.77. The number of nitrogens with zero attached hydrogens (tertiary/aromatic N) is 1. The Kier molecular flexibility index (Phi) is 5.64. The highest BCUT2D eigenvalue weighted by Crippen LogP contribution is 2.44. The number of nitrogens with one attached hydrogen (secondary N) is 3. The van der Waals surface area contributed by atoms with Crippen LogP contribution in [0.15, 0.2) is 18.5 Å². The zero-order valence-corrected chi connectivity index (χ0v) is 15.0. The van der Waals surface area contributed by atoms with Crippen molar-refractivity contribution in [2.75, 3.05) is 32.1 Å². The van der Waals surface area contributed by atoms with Gasteiger partial charge >= 0.3 is 0 Å². The van der Waals surface area contributed by atoms with E-state index in [9.17, 15) is 0 Å². The van der Waals surface area contributed by atoms with Crippen molar-refractivity contribution in [3.63, 3.8) is 0 Å². The van der Waals surface area contributed by atoms with Crippen LogP contribution in [0.1, 0.15) is 37.2 Å². The number of hydrogen-bond donors (Lipinski definition) is 3. The summed E-state index contributed by atoms with van der Waals surface area (Å²) in [5, 5.41) is 8.32. The summed E-state index contributed by atoms with van der Waals surface area (Å²) in [5.74, 6) is 1.26. The van der Waals surface area contributed by atoms with Crippen molar-refractivity contribution in [1.29, 1.82) is 0 Å². The van der Waals surface area contributed by atoms with E-state index in [2.05, 4.69) is 32.9 Å². The average Bonchev–Trinajstić information content (AvgIpc) is 3.34. The first kappa shape index (κ1) is 17.5. The van der Waals surface area contributed by atoms with Gasteiger partial charge in [0.25, 0.3) is 0 Å². The van der Waals surface area contributed by atoms with Crippen molar-refractivity contribution < 1.29 is 4.74 Å². The summed E-state index contributed by atoms with van der Waals surface area (Å²) in [6.45, 7) is 2.99. The molecule has 3 N–H and O–H groups in total. The monoisotopic (exact) mass is 350 g/mol. The van der Waals surface area contributed by atoms with Gasteiger partial charge in [0.15, 0.2) is 0 Å². The number of fused-ring (bicyclic) bond motifs is 1. The predicted molar refractivity (Wildman–Crippen MR) is 100 cm³/mol. The molecule has 4 rings (SSSR count). The number of aromatic nitrogens is 2. The van der Waals surface area contributed by atoms with Gasteiger partial charge in [-0.15, -0.1) is 12.4 Å². The molecule has 2 aliphatic rings. The number of piperidine rings is 1. The number of H-pyrrole nitrogens is 1. The minimum absolute atomic E-state index is 0. The molecule has 6 heteroatoms. The van der Waals surface area contributed by atoms with Crippen LogP contribution < -0.4 is 10.6 Å². The van der Waals surface area contributed by atoms with Gasteiger partial charge in [-0.25, -0.2) is 4.98 Å². The second-order valence-corrected chi connectivity index (χ2v) is 6.93. The maximum absolute atomic E-state index is 5.47. The number of hydrogen-bond acceptors (Lipinski definition) is 4. The summed E-state index contributed by atoms with van der Waals surface area (Å²) in [6, 6.07) is 2.82. The van der Waals surface area contributed by atoms with E-state index < -0.39 is 0 Å². The average molecular weight is 351 g/mol. The number of aromatic amines is 1. The minimum Gasteiger partial charge on any atom is -0.384 e. The normalized spacial score (nSPS) is 19.9. The Hall–Kier alpha value is -1.30. The largest absolute Gasteiger partial charge is 0.384 e. The fraction of sp³-hybridized carbons (Fsp3) is 0.611. The minimum atomic E-state index is 0. The standard InChI is InChI=1S/C18H26N4O.ClH/c1-23-11-17(12-2-3-12)16-10-21-18-15(16)8-14(9-20-18)22-13-4-6-19-7-5-13;/h8-10,12-13,17,19,22H,2-7,11H2,1H3,(H,20,21);1H. The molecule has 0 radical (unpaired) electrons. The van der Waals surface area contributed by atoms with Crippen molar-refractivity contribution in [1.82, 2.24) is 15.3 Å². The molecule has 0 bridgehead atoms. The van der Waals surface area contributed by atoms with Gasteiger partial charge < -0.3 is 20.4 Å². The van der Waals surface area contributed by atoms with E-state index in [-0.39, 0.29) is 12.4 Å². The third-order valence-corrected chi connectivity index (χ3v) is 5.21. The van der Waals surface area contributed by atoms with Crippen molar-refractivity contribution in [3.05, 3.63) is 24.0 Å². The maximum Gasteiger partial charge on any atom is 0.137 e. The van der Waals surface area contributed by atoms with Gasteiger partial charge in [0.1, 0.15) is 5.65 Å². The van der Waals surface area contributed by atoms with Crippen LogP contribution in [0.5, 0.6) is 0 Å². The Morgan fingerprint density at radius 2 is 2.08 bits per heavy atom. The molecule has 24 heavy (non-hydrogen) atoms. The zero-order chi connectivity index (χ0) is 15.6. The molecule has 1 atom stereocenters. The first-order valence-electron chi connectivity index (χ1n) is 8.78. The van der Waals surface area contributed by atoms with Gasteiger partial charge in [0.2, 0.25) is 0 Å². The first-order valence-corrected chi connectivity index (χ1v) is 8.78. The number of pyridine rings is 1. The maximum atomic E-state index is 5.47. The highest BCUT2D eigenvalue weighted by molar-refractivity contribution is 5.85. The number of ether oxygens (including phenoxy) is 1. The predicted octanol–water partition coefficient (Wildman–Crippen LogP) is 3.29.